The molecule has 2 aliphatic rings. The van der Waals surface area contributed by atoms with Gasteiger partial charge in [0.25, 0.3) is 5.91 Å². The first-order valence-electron chi connectivity index (χ1n) is 8.07. The molecule has 1 aromatic heterocycles. The Bertz CT molecular complexity index is 819. The number of nitrogens with zero attached hydrogens (tertiary/aromatic N) is 2. The van der Waals surface area contributed by atoms with E-state index in [1.165, 1.54) is 0 Å². The van der Waals surface area contributed by atoms with Crippen molar-refractivity contribution in [2.45, 2.75) is 25.3 Å². The van der Waals surface area contributed by atoms with Crippen LogP contribution in [-0.2, 0) is 9.53 Å². The first kappa shape index (κ1) is 15.3. The minimum Gasteiger partial charge on any atom is -0.379 e. The quantitative estimate of drug-likeness (QED) is 0.821. The molecule has 0 bridgehead atoms. The number of aliphatic imine (C=N–C) groups is 1. The van der Waals surface area contributed by atoms with Crippen molar-refractivity contribution in [1.29, 1.82) is 0 Å². The predicted molar refractivity (Wildman–Crippen MR) is 94.8 cm³/mol. The van der Waals surface area contributed by atoms with Crippen LogP contribution in [0.5, 0.6) is 0 Å². The molecule has 0 spiro atoms. The molecule has 1 unspecified atom stereocenters. The van der Waals surface area contributed by atoms with E-state index >= 15 is 0 Å². The lowest BCUT2D eigenvalue weighted by molar-refractivity contribution is -0.115. The largest absolute Gasteiger partial charge is 0.379 e. The summed E-state index contributed by atoms with van der Waals surface area (Å²) in [7, 11) is 0. The Labute approximate surface area is 143 Å². The smallest absolute Gasteiger partial charge is 0.276 e. The summed E-state index contributed by atoms with van der Waals surface area (Å²) in [6.45, 7) is 1.46. The van der Waals surface area contributed by atoms with E-state index in [0.29, 0.717) is 18.3 Å². The van der Waals surface area contributed by atoms with Gasteiger partial charge in [-0.1, -0.05) is 6.07 Å². The van der Waals surface area contributed by atoms with E-state index in [-0.39, 0.29) is 11.9 Å². The number of nitrogens with one attached hydrogen (secondary N) is 2. The van der Waals surface area contributed by atoms with Crippen LogP contribution < -0.4 is 10.6 Å². The normalized spacial score (nSPS) is 23.2. The summed E-state index contributed by atoms with van der Waals surface area (Å²) in [5.41, 5.74) is 4.15. The third-order valence-electron chi connectivity index (χ3n) is 4.11. The maximum Gasteiger partial charge on any atom is 0.276 e. The molecule has 4 rings (SSSR count). The van der Waals surface area contributed by atoms with Crippen LogP contribution in [-0.4, -0.2) is 36.1 Å². The minimum absolute atomic E-state index is 0.184. The highest BCUT2D eigenvalue weighted by molar-refractivity contribution is 7.16. The van der Waals surface area contributed by atoms with Gasteiger partial charge in [0.2, 0.25) is 5.96 Å². The maximum absolute atomic E-state index is 12.1. The fourth-order valence-corrected chi connectivity index (χ4v) is 3.59. The molecule has 0 radical (unpaired) electrons. The standard InChI is InChI=1S/C17H18N4O2S/c22-16-14(7-11-4-5-13-15(8-11)24-10-18-13)20-17(21-16)19-12-3-1-2-6-23-9-12/h4-5,7-8,10,12H,1-3,6,9H2,(H2,19,20,21,22)/b14-7-. The van der Waals surface area contributed by atoms with Crippen molar-refractivity contribution in [2.75, 3.05) is 13.2 Å². The Hall–Kier alpha value is -2.25. The Morgan fingerprint density at radius 1 is 1.38 bits per heavy atom. The van der Waals surface area contributed by atoms with Gasteiger partial charge in [0, 0.05) is 6.61 Å². The molecule has 1 fully saturated rings. The van der Waals surface area contributed by atoms with Gasteiger partial charge in [-0.15, -0.1) is 11.3 Å². The zero-order chi connectivity index (χ0) is 16.4. The van der Waals surface area contributed by atoms with Gasteiger partial charge in [-0.05, 0) is 43.0 Å². The van der Waals surface area contributed by atoms with Gasteiger partial charge in [-0.3, -0.25) is 10.1 Å². The first-order chi connectivity index (χ1) is 11.8. The summed E-state index contributed by atoms with van der Waals surface area (Å²) in [5, 5.41) is 6.06. The number of hydrogen-bond acceptors (Lipinski definition) is 6. The molecule has 7 heteroatoms. The molecular weight excluding hydrogens is 324 g/mol. The van der Waals surface area contributed by atoms with Gasteiger partial charge >= 0.3 is 0 Å². The number of thiazole rings is 1. The monoisotopic (exact) mass is 342 g/mol. The van der Waals surface area contributed by atoms with E-state index in [0.717, 1.165) is 41.6 Å². The second-order valence-corrected chi connectivity index (χ2v) is 6.82. The topological polar surface area (TPSA) is 75.6 Å². The number of rotatable bonds is 2. The molecule has 2 aromatic rings. The average Bonchev–Trinajstić information content (AvgIpc) is 3.07. The molecule has 6 nitrogen and oxygen atoms in total. The summed E-state index contributed by atoms with van der Waals surface area (Å²) >= 11 is 1.58. The Balaban J connectivity index is 1.51. The van der Waals surface area contributed by atoms with Crippen LogP contribution in [0, 0.1) is 0 Å². The molecule has 2 aliphatic heterocycles. The molecule has 2 N–H and O–H groups in total. The Morgan fingerprint density at radius 2 is 2.33 bits per heavy atom. The van der Waals surface area contributed by atoms with E-state index in [1.54, 1.807) is 17.4 Å². The third-order valence-corrected chi connectivity index (χ3v) is 4.90. The van der Waals surface area contributed by atoms with Crippen LogP contribution in [0.25, 0.3) is 16.3 Å². The number of hydrogen-bond donors (Lipinski definition) is 2. The highest BCUT2D eigenvalue weighted by Crippen LogP contribution is 2.21. The lowest BCUT2D eigenvalue weighted by Gasteiger charge is -2.16. The van der Waals surface area contributed by atoms with E-state index in [2.05, 4.69) is 20.6 Å². The predicted octanol–water partition coefficient (Wildman–Crippen LogP) is 2.28. The van der Waals surface area contributed by atoms with Crippen molar-refractivity contribution in [3.63, 3.8) is 0 Å². The summed E-state index contributed by atoms with van der Waals surface area (Å²) in [5.74, 6) is 0.331. The summed E-state index contributed by atoms with van der Waals surface area (Å²) in [6.07, 6.45) is 5.03. The summed E-state index contributed by atoms with van der Waals surface area (Å²) in [4.78, 5) is 20.8. The van der Waals surface area contributed by atoms with Crippen LogP contribution in [0.3, 0.4) is 0 Å². The van der Waals surface area contributed by atoms with Crippen molar-refractivity contribution in [1.82, 2.24) is 15.6 Å². The number of aromatic nitrogens is 1. The number of carbonyl (C=O) groups excluding carboxylic acids is 1. The van der Waals surface area contributed by atoms with Crippen LogP contribution in [0.15, 0.2) is 34.4 Å². The molecule has 24 heavy (non-hydrogen) atoms. The highest BCUT2D eigenvalue weighted by Gasteiger charge is 2.23. The highest BCUT2D eigenvalue weighted by atomic mass is 32.1. The van der Waals surface area contributed by atoms with Crippen LogP contribution in [0.2, 0.25) is 0 Å². The van der Waals surface area contributed by atoms with Crippen molar-refractivity contribution >= 4 is 39.5 Å². The van der Waals surface area contributed by atoms with Gasteiger partial charge in [-0.25, -0.2) is 9.98 Å². The molecule has 3 heterocycles. The van der Waals surface area contributed by atoms with E-state index in [4.69, 9.17) is 4.74 Å². The minimum atomic E-state index is -0.184. The molecule has 1 aromatic carbocycles. The fraction of sp³-hybridized carbons (Fsp3) is 0.353. The van der Waals surface area contributed by atoms with Gasteiger partial charge < -0.3 is 10.1 Å². The van der Waals surface area contributed by atoms with E-state index in [1.807, 2.05) is 23.7 Å². The lowest BCUT2D eigenvalue weighted by atomic mass is 10.1. The molecular formula is C17H18N4O2S. The molecule has 1 saturated heterocycles. The van der Waals surface area contributed by atoms with E-state index in [9.17, 15) is 4.79 Å². The van der Waals surface area contributed by atoms with E-state index < -0.39 is 0 Å². The molecule has 124 valence electrons. The first-order valence-corrected chi connectivity index (χ1v) is 8.95. The van der Waals surface area contributed by atoms with Gasteiger partial charge in [0.05, 0.1) is 28.4 Å². The maximum atomic E-state index is 12.1. The number of amides is 1. The number of carbonyl (C=O) groups is 1. The van der Waals surface area contributed by atoms with Crippen LogP contribution in [0.1, 0.15) is 24.8 Å². The van der Waals surface area contributed by atoms with Crippen LogP contribution >= 0.6 is 11.3 Å². The van der Waals surface area contributed by atoms with Gasteiger partial charge in [0.1, 0.15) is 5.70 Å². The number of guanidine groups is 1. The SMILES string of the molecule is O=C1NC(NC2CCCCOC2)=N/C1=C\c1ccc2ncsc2c1. The molecule has 0 saturated carbocycles. The lowest BCUT2D eigenvalue weighted by Crippen LogP contribution is -2.44. The fourth-order valence-electron chi connectivity index (χ4n) is 2.87. The zero-order valence-corrected chi connectivity index (χ0v) is 13.9. The molecule has 1 atom stereocenters. The average molecular weight is 342 g/mol. The number of ether oxygens (including phenoxy) is 1. The molecule has 1 amide bonds. The third kappa shape index (κ3) is 3.32. The summed E-state index contributed by atoms with van der Waals surface area (Å²) < 4.78 is 6.65. The van der Waals surface area contributed by atoms with Crippen molar-refractivity contribution < 1.29 is 9.53 Å². The van der Waals surface area contributed by atoms with Gasteiger partial charge in [0.15, 0.2) is 0 Å². The van der Waals surface area contributed by atoms with Crippen molar-refractivity contribution in [3.05, 3.63) is 35.0 Å². The second kappa shape index (κ2) is 6.70. The Kier molecular flexibility index (Phi) is 4.27. The number of fused-ring (bicyclic) bond motifs is 1. The van der Waals surface area contributed by atoms with Crippen molar-refractivity contribution in [3.8, 4) is 0 Å². The molecule has 0 aliphatic carbocycles. The second-order valence-electron chi connectivity index (χ2n) is 5.94. The van der Waals surface area contributed by atoms with Crippen molar-refractivity contribution in [2.24, 2.45) is 4.99 Å². The van der Waals surface area contributed by atoms with Crippen LogP contribution in [0.4, 0.5) is 0 Å². The number of benzene rings is 1. The zero-order valence-electron chi connectivity index (χ0n) is 13.1. The summed E-state index contributed by atoms with van der Waals surface area (Å²) in [6, 6.07) is 6.12. The Morgan fingerprint density at radius 3 is 3.29 bits per heavy atom. The van der Waals surface area contributed by atoms with Gasteiger partial charge in [-0.2, -0.15) is 0 Å².